The van der Waals surface area contributed by atoms with E-state index in [1.54, 1.807) is 0 Å². The molecule has 66 valence electrons. The first-order valence-corrected chi connectivity index (χ1v) is 4.95. The van der Waals surface area contributed by atoms with E-state index < -0.39 is 0 Å². The van der Waals surface area contributed by atoms with Crippen molar-refractivity contribution in [3.63, 3.8) is 0 Å². The van der Waals surface area contributed by atoms with Crippen LogP contribution in [0.15, 0.2) is 0 Å². The van der Waals surface area contributed by atoms with Gasteiger partial charge in [-0.1, -0.05) is 26.7 Å². The molecule has 1 heteroatoms. The number of rotatable bonds is 4. The second-order valence-corrected chi connectivity index (χ2v) is 4.05. The highest BCUT2D eigenvalue weighted by Gasteiger charge is 2.39. The quantitative estimate of drug-likeness (QED) is 0.663. The third-order valence-electron chi connectivity index (χ3n) is 3.70. The Balaban J connectivity index is 2.40. The summed E-state index contributed by atoms with van der Waals surface area (Å²) in [5.41, 5.74) is 6.25. The van der Waals surface area contributed by atoms with Crippen molar-refractivity contribution in [2.45, 2.75) is 46.0 Å². The Morgan fingerprint density at radius 3 is 2.36 bits per heavy atom. The van der Waals surface area contributed by atoms with Gasteiger partial charge in [-0.25, -0.2) is 0 Å². The molecular formula is C10H21N. The van der Waals surface area contributed by atoms with Crippen LogP contribution in [0.2, 0.25) is 0 Å². The highest BCUT2D eigenvalue weighted by atomic mass is 14.5. The van der Waals surface area contributed by atoms with E-state index in [0.717, 1.165) is 12.5 Å². The fraction of sp³-hybridized carbons (Fsp3) is 1.00. The van der Waals surface area contributed by atoms with Gasteiger partial charge in [0.05, 0.1) is 0 Å². The van der Waals surface area contributed by atoms with Crippen molar-refractivity contribution in [1.82, 2.24) is 0 Å². The van der Waals surface area contributed by atoms with Crippen LogP contribution >= 0.6 is 0 Å². The average molecular weight is 155 g/mol. The van der Waals surface area contributed by atoms with E-state index in [1.807, 2.05) is 0 Å². The van der Waals surface area contributed by atoms with Crippen LogP contribution in [-0.4, -0.2) is 6.54 Å². The summed E-state index contributed by atoms with van der Waals surface area (Å²) in [6.07, 6.45) is 6.92. The SMILES string of the molecule is CCC1(C(C)CCN)CCC1. The van der Waals surface area contributed by atoms with Gasteiger partial charge in [-0.2, -0.15) is 0 Å². The maximum Gasteiger partial charge on any atom is -0.00745 e. The van der Waals surface area contributed by atoms with Crippen LogP contribution in [0.3, 0.4) is 0 Å². The van der Waals surface area contributed by atoms with E-state index in [9.17, 15) is 0 Å². The minimum absolute atomic E-state index is 0.694. The summed E-state index contributed by atoms with van der Waals surface area (Å²) in [5.74, 6) is 0.853. The fourth-order valence-electron chi connectivity index (χ4n) is 2.38. The van der Waals surface area contributed by atoms with Gasteiger partial charge in [0.25, 0.3) is 0 Å². The number of hydrogen-bond acceptors (Lipinski definition) is 1. The molecule has 1 rings (SSSR count). The van der Waals surface area contributed by atoms with E-state index in [4.69, 9.17) is 5.73 Å². The zero-order valence-corrected chi connectivity index (χ0v) is 7.90. The first-order valence-electron chi connectivity index (χ1n) is 4.95. The third-order valence-corrected chi connectivity index (χ3v) is 3.70. The maximum atomic E-state index is 5.56. The van der Waals surface area contributed by atoms with Crippen LogP contribution in [0.1, 0.15) is 46.0 Å². The molecule has 0 amide bonds. The molecule has 1 atom stereocenters. The molecule has 11 heavy (non-hydrogen) atoms. The molecule has 1 aliphatic carbocycles. The van der Waals surface area contributed by atoms with Crippen LogP contribution in [-0.2, 0) is 0 Å². The highest BCUT2D eigenvalue weighted by molar-refractivity contribution is 4.90. The minimum Gasteiger partial charge on any atom is -0.330 e. The molecule has 1 saturated carbocycles. The summed E-state index contributed by atoms with van der Waals surface area (Å²) in [7, 11) is 0. The molecule has 0 radical (unpaired) electrons. The van der Waals surface area contributed by atoms with Gasteiger partial charge in [0.1, 0.15) is 0 Å². The van der Waals surface area contributed by atoms with Gasteiger partial charge in [-0.05, 0) is 37.1 Å². The summed E-state index contributed by atoms with van der Waals surface area (Å²) in [4.78, 5) is 0. The topological polar surface area (TPSA) is 26.0 Å². The minimum atomic E-state index is 0.694. The summed E-state index contributed by atoms with van der Waals surface area (Å²) in [5, 5.41) is 0. The monoisotopic (exact) mass is 155 g/mol. The maximum absolute atomic E-state index is 5.56. The molecule has 0 aromatic rings. The largest absolute Gasteiger partial charge is 0.330 e. The average Bonchev–Trinajstić information content (AvgIpc) is 1.87. The standard InChI is InChI=1S/C10H21N/c1-3-10(6-4-7-10)9(2)5-8-11/h9H,3-8,11H2,1-2H3. The smallest absolute Gasteiger partial charge is 0.00745 e. The molecule has 0 aromatic heterocycles. The molecule has 0 heterocycles. The van der Waals surface area contributed by atoms with E-state index in [-0.39, 0.29) is 0 Å². The van der Waals surface area contributed by atoms with Gasteiger partial charge in [0.2, 0.25) is 0 Å². The molecule has 0 aromatic carbocycles. The van der Waals surface area contributed by atoms with Crippen LogP contribution in [0, 0.1) is 11.3 Å². The third kappa shape index (κ3) is 1.58. The molecular weight excluding hydrogens is 134 g/mol. The number of nitrogens with two attached hydrogens (primary N) is 1. The van der Waals surface area contributed by atoms with Crippen molar-refractivity contribution in [3.05, 3.63) is 0 Å². The molecule has 1 unspecified atom stereocenters. The molecule has 1 fully saturated rings. The Morgan fingerprint density at radius 2 is 2.09 bits per heavy atom. The van der Waals surface area contributed by atoms with Crippen LogP contribution in [0.4, 0.5) is 0 Å². The predicted octanol–water partition coefficient (Wildman–Crippen LogP) is 2.55. The Labute approximate surface area is 70.4 Å². The van der Waals surface area contributed by atoms with Crippen LogP contribution in [0.5, 0.6) is 0 Å². The molecule has 2 N–H and O–H groups in total. The van der Waals surface area contributed by atoms with Crippen molar-refractivity contribution in [2.75, 3.05) is 6.54 Å². The normalized spacial score (nSPS) is 24.3. The fourth-order valence-corrected chi connectivity index (χ4v) is 2.38. The second-order valence-electron chi connectivity index (χ2n) is 4.05. The molecule has 0 bridgehead atoms. The lowest BCUT2D eigenvalue weighted by Crippen LogP contribution is -2.36. The van der Waals surface area contributed by atoms with E-state index in [1.165, 1.54) is 32.1 Å². The highest BCUT2D eigenvalue weighted by Crippen LogP contribution is 2.50. The summed E-state index contributed by atoms with van der Waals surface area (Å²) >= 11 is 0. The van der Waals surface area contributed by atoms with Gasteiger partial charge >= 0.3 is 0 Å². The first-order chi connectivity index (χ1) is 5.25. The van der Waals surface area contributed by atoms with E-state index >= 15 is 0 Å². The Morgan fingerprint density at radius 1 is 1.45 bits per heavy atom. The Hall–Kier alpha value is -0.0400. The Bertz CT molecular complexity index is 111. The first kappa shape index (κ1) is 9.05. The van der Waals surface area contributed by atoms with Crippen LogP contribution < -0.4 is 5.73 Å². The van der Waals surface area contributed by atoms with Gasteiger partial charge in [0, 0.05) is 0 Å². The van der Waals surface area contributed by atoms with E-state index in [2.05, 4.69) is 13.8 Å². The second kappa shape index (κ2) is 3.57. The van der Waals surface area contributed by atoms with Crippen molar-refractivity contribution in [2.24, 2.45) is 17.1 Å². The summed E-state index contributed by atoms with van der Waals surface area (Å²) in [6, 6.07) is 0. The molecule has 0 aliphatic heterocycles. The number of hydrogen-bond donors (Lipinski definition) is 1. The van der Waals surface area contributed by atoms with Crippen molar-refractivity contribution in [1.29, 1.82) is 0 Å². The molecule has 0 spiro atoms. The lowest BCUT2D eigenvalue weighted by atomic mass is 9.59. The van der Waals surface area contributed by atoms with Gasteiger partial charge in [-0.3, -0.25) is 0 Å². The molecule has 1 aliphatic rings. The predicted molar refractivity (Wildman–Crippen MR) is 49.4 cm³/mol. The van der Waals surface area contributed by atoms with Gasteiger partial charge in [0.15, 0.2) is 0 Å². The lowest BCUT2D eigenvalue weighted by Gasteiger charge is -2.46. The zero-order valence-electron chi connectivity index (χ0n) is 7.90. The van der Waals surface area contributed by atoms with Gasteiger partial charge < -0.3 is 5.73 Å². The van der Waals surface area contributed by atoms with Gasteiger partial charge in [-0.15, -0.1) is 0 Å². The van der Waals surface area contributed by atoms with Crippen molar-refractivity contribution >= 4 is 0 Å². The van der Waals surface area contributed by atoms with Crippen LogP contribution in [0.25, 0.3) is 0 Å². The molecule has 0 saturated heterocycles. The summed E-state index contributed by atoms with van der Waals surface area (Å²) < 4.78 is 0. The molecule has 1 nitrogen and oxygen atoms in total. The van der Waals surface area contributed by atoms with E-state index in [0.29, 0.717) is 5.41 Å². The van der Waals surface area contributed by atoms with Crippen molar-refractivity contribution in [3.8, 4) is 0 Å². The lowest BCUT2D eigenvalue weighted by molar-refractivity contribution is 0.0501. The van der Waals surface area contributed by atoms with Crippen molar-refractivity contribution < 1.29 is 0 Å². The zero-order chi connectivity index (χ0) is 8.32. The Kier molecular flexibility index (Phi) is 2.94. The summed E-state index contributed by atoms with van der Waals surface area (Å²) in [6.45, 7) is 5.56.